The summed E-state index contributed by atoms with van der Waals surface area (Å²) in [5, 5.41) is 10.6. The van der Waals surface area contributed by atoms with Gasteiger partial charge in [0.25, 0.3) is 0 Å². The first-order chi connectivity index (χ1) is 9.49. The highest BCUT2D eigenvalue weighted by Crippen LogP contribution is 2.43. The van der Waals surface area contributed by atoms with Gasteiger partial charge >= 0.3 is 0 Å². The molecule has 0 unspecified atom stereocenters. The van der Waals surface area contributed by atoms with Gasteiger partial charge in [-0.2, -0.15) is 5.10 Å². The molecule has 6 nitrogen and oxygen atoms in total. The minimum Gasteiger partial charge on any atom is -0.486 e. The molecule has 20 heavy (non-hydrogen) atoms. The molecular weight excluding hydrogens is 276 g/mol. The molecule has 2 heterocycles. The number of hydrogen-bond acceptors (Lipinski definition) is 6. The van der Waals surface area contributed by atoms with E-state index in [9.17, 15) is 4.79 Å². The van der Waals surface area contributed by atoms with E-state index in [2.05, 4.69) is 15.5 Å². The average Bonchev–Trinajstić information content (AvgIpc) is 2.97. The van der Waals surface area contributed by atoms with Crippen molar-refractivity contribution in [2.45, 2.75) is 33.4 Å². The van der Waals surface area contributed by atoms with Crippen molar-refractivity contribution >= 4 is 27.8 Å². The molecule has 0 radical (unpaired) electrons. The van der Waals surface area contributed by atoms with Crippen molar-refractivity contribution in [3.63, 3.8) is 0 Å². The predicted octanol–water partition coefficient (Wildman–Crippen LogP) is 2.66. The van der Waals surface area contributed by atoms with E-state index < -0.39 is 0 Å². The second kappa shape index (κ2) is 5.96. The molecule has 108 valence electrons. The molecule has 0 aliphatic carbocycles. The topological polar surface area (TPSA) is 93.0 Å². The summed E-state index contributed by atoms with van der Waals surface area (Å²) in [5.41, 5.74) is 7.43. The van der Waals surface area contributed by atoms with Gasteiger partial charge < -0.3 is 15.8 Å². The van der Waals surface area contributed by atoms with Crippen molar-refractivity contribution in [3.8, 4) is 5.75 Å². The van der Waals surface area contributed by atoms with Crippen LogP contribution in [-0.2, 0) is 6.54 Å². The van der Waals surface area contributed by atoms with Crippen molar-refractivity contribution in [2.75, 3.05) is 11.1 Å². The number of nitrogen functional groups attached to an aromatic ring is 1. The van der Waals surface area contributed by atoms with Crippen LogP contribution in [0.4, 0.5) is 10.7 Å². The third kappa shape index (κ3) is 3.11. The van der Waals surface area contributed by atoms with E-state index in [0.29, 0.717) is 22.9 Å². The van der Waals surface area contributed by atoms with E-state index in [-0.39, 0.29) is 11.9 Å². The maximum absolute atomic E-state index is 11.6. The van der Waals surface area contributed by atoms with Crippen LogP contribution in [0.5, 0.6) is 5.75 Å². The number of hydrogen-bond donors (Lipinski definition) is 3. The van der Waals surface area contributed by atoms with Crippen molar-refractivity contribution < 1.29 is 9.53 Å². The Kier molecular flexibility index (Phi) is 4.29. The molecule has 0 saturated heterocycles. The fourth-order valence-electron chi connectivity index (χ4n) is 1.72. The zero-order valence-corrected chi connectivity index (χ0v) is 12.5. The molecule has 0 amide bonds. The van der Waals surface area contributed by atoms with Crippen molar-refractivity contribution in [1.29, 1.82) is 0 Å². The third-order valence-corrected chi connectivity index (χ3v) is 3.83. The molecule has 0 spiro atoms. The Labute approximate surface area is 121 Å². The van der Waals surface area contributed by atoms with Gasteiger partial charge in [-0.1, -0.05) is 0 Å². The summed E-state index contributed by atoms with van der Waals surface area (Å²) in [6.45, 7) is 5.93. The van der Waals surface area contributed by atoms with Crippen molar-refractivity contribution in [3.05, 3.63) is 22.8 Å². The highest BCUT2D eigenvalue weighted by molar-refractivity contribution is 7.19. The van der Waals surface area contributed by atoms with Gasteiger partial charge in [0.1, 0.15) is 5.00 Å². The highest BCUT2D eigenvalue weighted by Gasteiger charge is 2.20. The zero-order chi connectivity index (χ0) is 14.7. The Morgan fingerprint density at radius 1 is 1.60 bits per heavy atom. The van der Waals surface area contributed by atoms with Crippen molar-refractivity contribution in [2.24, 2.45) is 0 Å². The van der Waals surface area contributed by atoms with E-state index in [0.717, 1.165) is 10.6 Å². The lowest BCUT2D eigenvalue weighted by atomic mass is 10.3. The molecule has 0 aliphatic heterocycles. The molecule has 0 fully saturated rings. The number of carbonyl (C=O) groups excluding carboxylic acids is 1. The summed E-state index contributed by atoms with van der Waals surface area (Å²) >= 11 is 1.32. The molecule has 0 bridgehead atoms. The first-order valence-electron chi connectivity index (χ1n) is 6.30. The Hall–Kier alpha value is -2.02. The van der Waals surface area contributed by atoms with Crippen LogP contribution in [0.15, 0.2) is 12.4 Å². The van der Waals surface area contributed by atoms with Crippen LogP contribution in [0.1, 0.15) is 36.0 Å². The Morgan fingerprint density at radius 2 is 2.35 bits per heavy atom. The third-order valence-electron chi connectivity index (χ3n) is 2.58. The van der Waals surface area contributed by atoms with E-state index >= 15 is 0 Å². The number of ketones is 1. The summed E-state index contributed by atoms with van der Waals surface area (Å²) in [6, 6.07) is 0. The van der Waals surface area contributed by atoms with Crippen LogP contribution in [0.25, 0.3) is 0 Å². The summed E-state index contributed by atoms with van der Waals surface area (Å²) in [4.78, 5) is 12.1. The van der Waals surface area contributed by atoms with Crippen LogP contribution >= 0.6 is 11.3 Å². The minimum absolute atomic E-state index is 0.0128. The molecule has 4 N–H and O–H groups in total. The fraction of sp³-hybridized carbons (Fsp3) is 0.385. The van der Waals surface area contributed by atoms with E-state index in [1.165, 1.54) is 18.3 Å². The Balaban J connectivity index is 2.25. The van der Waals surface area contributed by atoms with Crippen LogP contribution < -0.4 is 15.8 Å². The average molecular weight is 294 g/mol. The number of carbonyl (C=O) groups is 1. The molecule has 0 aromatic carbocycles. The maximum atomic E-state index is 11.6. The summed E-state index contributed by atoms with van der Waals surface area (Å²) < 4.78 is 5.72. The fourth-order valence-corrected chi connectivity index (χ4v) is 2.66. The SMILES string of the molecule is CC(=O)c1sc(NCc2cn[nH]c2)c(OC(C)C)c1N. The number of anilines is 2. The number of Topliss-reactive ketones (excluding diaryl/α,β-unsaturated/α-hetero) is 1. The number of thiophene rings is 1. The second-order valence-corrected chi connectivity index (χ2v) is 5.71. The van der Waals surface area contributed by atoms with Crippen LogP contribution in [0, 0.1) is 0 Å². The molecule has 2 rings (SSSR count). The molecule has 2 aromatic heterocycles. The second-order valence-electron chi connectivity index (χ2n) is 4.69. The number of ether oxygens (including phenoxy) is 1. The predicted molar refractivity (Wildman–Crippen MR) is 80.4 cm³/mol. The smallest absolute Gasteiger partial charge is 0.177 e. The van der Waals surface area contributed by atoms with Gasteiger partial charge in [0.2, 0.25) is 0 Å². The van der Waals surface area contributed by atoms with Gasteiger partial charge in [-0.25, -0.2) is 0 Å². The summed E-state index contributed by atoms with van der Waals surface area (Å²) in [7, 11) is 0. The quantitative estimate of drug-likeness (QED) is 0.712. The largest absolute Gasteiger partial charge is 0.486 e. The minimum atomic E-state index is -0.0579. The maximum Gasteiger partial charge on any atom is 0.177 e. The number of nitrogens with two attached hydrogens (primary N) is 1. The van der Waals surface area contributed by atoms with Gasteiger partial charge in [0.15, 0.2) is 11.5 Å². The Morgan fingerprint density at radius 3 is 2.90 bits per heavy atom. The number of H-pyrrole nitrogens is 1. The molecule has 7 heteroatoms. The van der Waals surface area contributed by atoms with Crippen LogP contribution in [-0.4, -0.2) is 22.1 Å². The normalized spacial score (nSPS) is 10.8. The summed E-state index contributed by atoms with van der Waals surface area (Å²) in [5.74, 6) is 0.496. The van der Waals surface area contributed by atoms with Gasteiger partial charge in [0, 0.05) is 25.2 Å². The monoisotopic (exact) mass is 294 g/mol. The first kappa shape index (κ1) is 14.4. The molecule has 0 saturated carbocycles. The molecule has 0 atom stereocenters. The number of rotatable bonds is 6. The van der Waals surface area contributed by atoms with Gasteiger partial charge in [-0.05, 0) is 13.8 Å². The number of aromatic amines is 1. The number of nitrogens with zero attached hydrogens (tertiary/aromatic N) is 1. The van der Waals surface area contributed by atoms with Gasteiger partial charge in [-0.3, -0.25) is 9.89 Å². The van der Waals surface area contributed by atoms with Gasteiger partial charge in [0.05, 0.1) is 22.9 Å². The lowest BCUT2D eigenvalue weighted by Crippen LogP contribution is -2.09. The number of aromatic nitrogens is 2. The highest BCUT2D eigenvalue weighted by atomic mass is 32.1. The molecule has 0 aliphatic rings. The van der Waals surface area contributed by atoms with E-state index in [4.69, 9.17) is 10.5 Å². The van der Waals surface area contributed by atoms with Gasteiger partial charge in [-0.15, -0.1) is 11.3 Å². The van der Waals surface area contributed by atoms with E-state index in [1.54, 1.807) is 12.4 Å². The number of nitrogens with one attached hydrogen (secondary N) is 2. The van der Waals surface area contributed by atoms with Crippen LogP contribution in [0.2, 0.25) is 0 Å². The lowest BCUT2D eigenvalue weighted by Gasteiger charge is -2.12. The molecule has 2 aromatic rings. The Bertz CT molecular complexity index is 590. The van der Waals surface area contributed by atoms with E-state index in [1.807, 2.05) is 13.8 Å². The van der Waals surface area contributed by atoms with Crippen LogP contribution in [0.3, 0.4) is 0 Å². The summed E-state index contributed by atoms with van der Waals surface area (Å²) in [6.07, 6.45) is 3.53. The first-order valence-corrected chi connectivity index (χ1v) is 7.12. The molecular formula is C13H18N4O2S. The standard InChI is InChI=1S/C13H18N4O2S/c1-7(2)19-11-10(14)12(8(3)18)20-13(11)15-4-9-5-16-17-6-9/h5-7,15H,4,14H2,1-3H3,(H,16,17). The lowest BCUT2D eigenvalue weighted by molar-refractivity contribution is 0.102. The zero-order valence-electron chi connectivity index (χ0n) is 11.7. The van der Waals surface area contributed by atoms with Crippen molar-refractivity contribution in [1.82, 2.24) is 10.2 Å².